The van der Waals surface area contributed by atoms with Gasteiger partial charge in [0.2, 0.25) is 0 Å². The van der Waals surface area contributed by atoms with E-state index in [4.69, 9.17) is 0 Å². The smallest absolute Gasteiger partial charge is 0.257 e. The normalized spacial score (nSPS) is 12.5. The molecule has 0 saturated heterocycles. The van der Waals surface area contributed by atoms with E-state index in [1.54, 1.807) is 22.2 Å². The van der Waals surface area contributed by atoms with Crippen molar-refractivity contribution in [1.82, 2.24) is 24.6 Å². The van der Waals surface area contributed by atoms with Crippen molar-refractivity contribution in [2.45, 2.75) is 32.7 Å². The SMILES string of the molecule is CC(C)c1nc(C(C)NC(=O)c2cnn(C)c2-n2cccc2)cs1. The lowest BCUT2D eigenvalue weighted by Crippen LogP contribution is -2.27. The molecule has 0 radical (unpaired) electrons. The first kappa shape index (κ1) is 16.4. The molecule has 1 atom stereocenters. The third kappa shape index (κ3) is 3.12. The highest BCUT2D eigenvalue weighted by molar-refractivity contribution is 7.09. The topological polar surface area (TPSA) is 64.7 Å². The number of nitrogens with one attached hydrogen (secondary N) is 1. The van der Waals surface area contributed by atoms with Crippen molar-refractivity contribution in [3.8, 4) is 5.82 Å². The Morgan fingerprint density at radius 3 is 2.58 bits per heavy atom. The maximum atomic E-state index is 12.7. The Bertz CT molecular complexity index is 831. The molecule has 6 nitrogen and oxygen atoms in total. The van der Waals surface area contributed by atoms with Crippen LogP contribution in [0.3, 0.4) is 0 Å². The molecule has 3 rings (SSSR count). The van der Waals surface area contributed by atoms with Crippen LogP contribution in [0.5, 0.6) is 0 Å². The van der Waals surface area contributed by atoms with Gasteiger partial charge >= 0.3 is 0 Å². The first-order chi connectivity index (χ1) is 11.5. The van der Waals surface area contributed by atoms with Crippen molar-refractivity contribution in [2.24, 2.45) is 7.05 Å². The number of aromatic nitrogens is 4. The summed E-state index contributed by atoms with van der Waals surface area (Å²) in [6.07, 6.45) is 5.39. The van der Waals surface area contributed by atoms with Gasteiger partial charge in [0.1, 0.15) is 11.4 Å². The maximum Gasteiger partial charge on any atom is 0.257 e. The van der Waals surface area contributed by atoms with Crippen LogP contribution in [0.25, 0.3) is 5.82 Å². The molecule has 7 heteroatoms. The molecular formula is C17H21N5OS. The molecule has 0 fully saturated rings. The number of amides is 1. The summed E-state index contributed by atoms with van der Waals surface area (Å²) in [6.45, 7) is 6.18. The molecule has 0 aliphatic heterocycles. The van der Waals surface area contributed by atoms with Crippen LogP contribution in [0.2, 0.25) is 0 Å². The van der Waals surface area contributed by atoms with Crippen LogP contribution in [-0.4, -0.2) is 25.2 Å². The van der Waals surface area contributed by atoms with Gasteiger partial charge in [0.05, 0.1) is 22.9 Å². The number of nitrogens with zero attached hydrogens (tertiary/aromatic N) is 4. The zero-order chi connectivity index (χ0) is 17.3. The summed E-state index contributed by atoms with van der Waals surface area (Å²) >= 11 is 1.63. The summed E-state index contributed by atoms with van der Waals surface area (Å²) in [5.41, 5.74) is 1.43. The van der Waals surface area contributed by atoms with Crippen LogP contribution >= 0.6 is 11.3 Å². The largest absolute Gasteiger partial charge is 0.344 e. The number of thiazole rings is 1. The van der Waals surface area contributed by atoms with Crippen LogP contribution in [0.15, 0.2) is 36.1 Å². The lowest BCUT2D eigenvalue weighted by atomic mass is 10.2. The third-order valence-corrected chi connectivity index (χ3v) is 4.99. The van der Waals surface area contributed by atoms with Crippen LogP contribution in [0.4, 0.5) is 0 Å². The summed E-state index contributed by atoms with van der Waals surface area (Å²) in [5.74, 6) is 0.981. The van der Waals surface area contributed by atoms with Crippen molar-refractivity contribution in [3.05, 3.63) is 52.4 Å². The summed E-state index contributed by atoms with van der Waals surface area (Å²) < 4.78 is 3.57. The Hall–Kier alpha value is -2.41. The summed E-state index contributed by atoms with van der Waals surface area (Å²) in [4.78, 5) is 17.3. The molecule has 1 unspecified atom stereocenters. The van der Waals surface area contributed by atoms with Crippen LogP contribution in [-0.2, 0) is 7.05 Å². The number of rotatable bonds is 5. The van der Waals surface area contributed by atoms with Crippen LogP contribution in [0, 0.1) is 0 Å². The van der Waals surface area contributed by atoms with Crippen LogP contribution < -0.4 is 5.32 Å². The molecule has 1 N–H and O–H groups in total. The summed E-state index contributed by atoms with van der Waals surface area (Å²) in [6, 6.07) is 3.68. The fraction of sp³-hybridized carbons (Fsp3) is 0.353. The fourth-order valence-electron chi connectivity index (χ4n) is 2.49. The predicted molar refractivity (Wildman–Crippen MR) is 94.6 cm³/mol. The van der Waals surface area contributed by atoms with Gasteiger partial charge in [0.15, 0.2) is 0 Å². The number of aryl methyl sites for hydroxylation is 1. The van der Waals surface area contributed by atoms with E-state index in [0.29, 0.717) is 11.5 Å². The summed E-state index contributed by atoms with van der Waals surface area (Å²) in [5, 5.41) is 10.3. The molecule has 3 heterocycles. The minimum absolute atomic E-state index is 0.154. The van der Waals surface area contributed by atoms with Crippen molar-refractivity contribution in [3.63, 3.8) is 0 Å². The Labute approximate surface area is 145 Å². The Balaban J connectivity index is 1.80. The zero-order valence-corrected chi connectivity index (χ0v) is 15.0. The second-order valence-corrected chi connectivity index (χ2v) is 6.95. The molecule has 0 aliphatic carbocycles. The fourth-order valence-corrected chi connectivity index (χ4v) is 3.41. The molecule has 126 valence electrons. The van der Waals surface area contributed by atoms with Gasteiger partial charge in [-0.15, -0.1) is 11.3 Å². The molecule has 0 bridgehead atoms. The average molecular weight is 343 g/mol. The van der Waals surface area contributed by atoms with E-state index in [1.165, 1.54) is 0 Å². The molecule has 0 aromatic carbocycles. The highest BCUT2D eigenvalue weighted by Gasteiger charge is 2.20. The number of hydrogen-bond donors (Lipinski definition) is 1. The molecule has 0 spiro atoms. The highest BCUT2D eigenvalue weighted by atomic mass is 32.1. The minimum Gasteiger partial charge on any atom is -0.344 e. The third-order valence-electron chi connectivity index (χ3n) is 3.83. The molecule has 24 heavy (non-hydrogen) atoms. The lowest BCUT2D eigenvalue weighted by Gasteiger charge is -2.13. The van der Waals surface area contributed by atoms with Crippen molar-refractivity contribution in [2.75, 3.05) is 0 Å². The van der Waals surface area contributed by atoms with Gasteiger partial charge in [-0.25, -0.2) is 4.98 Å². The van der Waals surface area contributed by atoms with E-state index in [2.05, 4.69) is 29.2 Å². The van der Waals surface area contributed by atoms with Gasteiger partial charge in [-0.05, 0) is 19.1 Å². The lowest BCUT2D eigenvalue weighted by molar-refractivity contribution is 0.0939. The number of carbonyl (C=O) groups is 1. The highest BCUT2D eigenvalue weighted by Crippen LogP contribution is 2.23. The van der Waals surface area contributed by atoms with E-state index in [9.17, 15) is 4.79 Å². The maximum absolute atomic E-state index is 12.7. The molecule has 0 saturated carbocycles. The van der Waals surface area contributed by atoms with Gasteiger partial charge < -0.3 is 9.88 Å². The first-order valence-electron chi connectivity index (χ1n) is 7.89. The van der Waals surface area contributed by atoms with E-state index < -0.39 is 0 Å². The molecule has 3 aromatic heterocycles. The van der Waals surface area contributed by atoms with E-state index in [0.717, 1.165) is 16.5 Å². The van der Waals surface area contributed by atoms with Crippen molar-refractivity contribution < 1.29 is 4.79 Å². The Morgan fingerprint density at radius 1 is 1.25 bits per heavy atom. The summed E-state index contributed by atoms with van der Waals surface area (Å²) in [7, 11) is 1.82. The van der Waals surface area contributed by atoms with E-state index in [1.807, 2.05) is 48.4 Å². The van der Waals surface area contributed by atoms with Gasteiger partial charge in [0.25, 0.3) is 5.91 Å². The van der Waals surface area contributed by atoms with E-state index in [-0.39, 0.29) is 11.9 Å². The predicted octanol–water partition coefficient (Wildman–Crippen LogP) is 3.28. The van der Waals surface area contributed by atoms with Crippen LogP contribution in [0.1, 0.15) is 53.8 Å². The van der Waals surface area contributed by atoms with Gasteiger partial charge in [-0.3, -0.25) is 9.48 Å². The van der Waals surface area contributed by atoms with Crippen molar-refractivity contribution in [1.29, 1.82) is 0 Å². The Morgan fingerprint density at radius 2 is 1.96 bits per heavy atom. The number of hydrogen-bond acceptors (Lipinski definition) is 4. The van der Waals surface area contributed by atoms with Gasteiger partial charge in [-0.1, -0.05) is 13.8 Å². The Kier molecular flexibility index (Phi) is 4.53. The molecular weight excluding hydrogens is 322 g/mol. The quantitative estimate of drug-likeness (QED) is 0.773. The first-order valence-corrected chi connectivity index (χ1v) is 8.77. The van der Waals surface area contributed by atoms with Gasteiger partial charge in [-0.2, -0.15) is 5.10 Å². The monoisotopic (exact) mass is 343 g/mol. The molecule has 0 aliphatic rings. The standard InChI is InChI=1S/C17H21N5OS/c1-11(2)16-20-14(10-24-16)12(3)19-15(23)13-9-18-21(4)17(13)22-7-5-6-8-22/h5-12H,1-4H3,(H,19,23). The minimum atomic E-state index is -0.154. The number of carbonyl (C=O) groups excluding carboxylic acids is 1. The van der Waals surface area contributed by atoms with Crippen molar-refractivity contribution >= 4 is 17.2 Å². The zero-order valence-electron chi connectivity index (χ0n) is 14.2. The molecule has 1 amide bonds. The second-order valence-electron chi connectivity index (χ2n) is 6.06. The van der Waals surface area contributed by atoms with E-state index >= 15 is 0 Å². The molecule has 3 aromatic rings. The van der Waals surface area contributed by atoms with Gasteiger partial charge in [0, 0.05) is 30.7 Å². The average Bonchev–Trinajstić information content (AvgIpc) is 3.27. The second kappa shape index (κ2) is 6.60.